The Labute approximate surface area is 198 Å². The summed E-state index contributed by atoms with van der Waals surface area (Å²) in [4.78, 5) is 0.905. The van der Waals surface area contributed by atoms with Gasteiger partial charge in [-0.25, -0.2) is 0 Å². The molecule has 0 saturated carbocycles. The molecule has 0 bridgehead atoms. The van der Waals surface area contributed by atoms with Gasteiger partial charge >= 0.3 is 16.8 Å². The van der Waals surface area contributed by atoms with Crippen LogP contribution in [-0.2, 0) is 29.4 Å². The second-order valence-electron chi connectivity index (χ2n) is 5.39. The predicted molar refractivity (Wildman–Crippen MR) is 128 cm³/mol. The van der Waals surface area contributed by atoms with E-state index in [4.69, 9.17) is 18.4 Å². The van der Waals surface area contributed by atoms with Gasteiger partial charge in [-0.2, -0.15) is 4.90 Å². The van der Waals surface area contributed by atoms with Crippen LogP contribution in [0.3, 0.4) is 0 Å². The van der Waals surface area contributed by atoms with Gasteiger partial charge in [0.25, 0.3) is 0 Å². The van der Waals surface area contributed by atoms with Gasteiger partial charge in [0.05, 0.1) is 0 Å². The molecule has 0 atom stereocenters. The molecule has 171 valence electrons. The molecule has 1 radical (unpaired) electrons. The van der Waals surface area contributed by atoms with Crippen molar-refractivity contribution in [2.75, 3.05) is 0 Å². The van der Waals surface area contributed by atoms with Crippen LogP contribution in [0, 0.1) is 20.8 Å². The summed E-state index contributed by atoms with van der Waals surface area (Å²) in [7, 11) is 0. The second-order valence-corrected chi connectivity index (χ2v) is 5.86. The first-order chi connectivity index (χ1) is 14.2. The summed E-state index contributed by atoms with van der Waals surface area (Å²) < 4.78 is 0. The molecule has 0 aliphatic carbocycles. The normalized spacial score (nSPS) is 11.2. The minimum Gasteiger partial charge on any atom is -0.792 e. The number of nitrogens with one attached hydrogen (secondary N) is 1. The van der Waals surface area contributed by atoms with Crippen molar-refractivity contribution in [3.8, 4) is 0 Å². The van der Waals surface area contributed by atoms with Gasteiger partial charge in [-0.1, -0.05) is 60.7 Å². The van der Waals surface area contributed by atoms with Gasteiger partial charge in [-0.3, -0.25) is 0 Å². The smallest absolute Gasteiger partial charge is 0.792 e. The quantitative estimate of drug-likeness (QED) is 0.297. The second kappa shape index (κ2) is 21.6. The Balaban J connectivity index is -0.000000334. The summed E-state index contributed by atoms with van der Waals surface area (Å²) in [5, 5.41) is 48.4. The number of rotatable bonds is 2. The average molecular weight is 488 g/mol. The first-order valence-electron chi connectivity index (χ1n) is 8.40. The van der Waals surface area contributed by atoms with Crippen molar-refractivity contribution >= 4 is 41.2 Å². The van der Waals surface area contributed by atoms with Crippen LogP contribution in [0.1, 0.15) is 27.7 Å². The first-order valence-corrected chi connectivity index (χ1v) is 8.81. The van der Waals surface area contributed by atoms with E-state index in [0.717, 1.165) is 4.90 Å². The molecule has 0 amide bonds. The maximum atomic E-state index is 9.60. The first kappa shape index (κ1) is 32.5. The molecule has 9 nitrogen and oxygen atoms in total. The zero-order valence-corrected chi connectivity index (χ0v) is 19.3. The maximum Gasteiger partial charge on any atom is 2.00 e. The monoisotopic (exact) mass is 488 g/mol. The summed E-state index contributed by atoms with van der Waals surface area (Å²) in [6.07, 6.45) is 0. The third-order valence-corrected chi connectivity index (χ3v) is 3.38. The number of nitrogens with zero attached hydrogens (tertiary/aromatic N) is 4. The van der Waals surface area contributed by atoms with Gasteiger partial charge < -0.3 is 59.8 Å². The minimum atomic E-state index is 0. The Morgan fingerprint density at radius 3 is 1.00 bits per heavy atom. The van der Waals surface area contributed by atoms with Crippen LogP contribution < -0.4 is 0 Å². The zero-order valence-electron chi connectivity index (χ0n) is 17.4. The van der Waals surface area contributed by atoms with E-state index in [1.54, 1.807) is 12.1 Å². The number of benzene rings is 2. The van der Waals surface area contributed by atoms with Gasteiger partial charge in [0.2, 0.25) is 0 Å². The van der Waals surface area contributed by atoms with Crippen molar-refractivity contribution in [3.05, 3.63) is 87.2 Å². The van der Waals surface area contributed by atoms with Gasteiger partial charge in [0.1, 0.15) is 0 Å². The predicted octanol–water partition coefficient (Wildman–Crippen LogP) is 5.77. The number of hydrogen-bond acceptors (Lipinski definition) is 9. The SMILES string of the molecule is CC(=N[O-])C(C)=N[O-].CC(=N[O-])C(C)=N[O-].[Co+2].[NH-]c1ccccc1.[S-]c1ccccc1. The van der Waals surface area contributed by atoms with Crippen LogP contribution in [0.5, 0.6) is 0 Å². The molecule has 0 aliphatic rings. The third kappa shape index (κ3) is 19.9. The summed E-state index contributed by atoms with van der Waals surface area (Å²) in [6.45, 7) is 5.74. The van der Waals surface area contributed by atoms with Gasteiger partial charge in [0.15, 0.2) is 0 Å². The molecule has 0 aromatic heterocycles. The molecule has 1 N–H and O–H groups in total. The Hall–Kier alpha value is -3.15. The van der Waals surface area contributed by atoms with E-state index in [9.17, 15) is 20.8 Å². The van der Waals surface area contributed by atoms with Crippen molar-refractivity contribution in [2.45, 2.75) is 32.6 Å². The Bertz CT molecular complexity index is 715. The summed E-state index contributed by atoms with van der Waals surface area (Å²) in [5.41, 5.74) is 8.12. The molecule has 0 spiro atoms. The molecule has 2 aromatic carbocycles. The van der Waals surface area contributed by atoms with Crippen molar-refractivity contribution in [2.24, 2.45) is 20.6 Å². The molecule has 11 heteroatoms. The van der Waals surface area contributed by atoms with E-state index >= 15 is 0 Å². The Morgan fingerprint density at radius 2 is 0.871 bits per heavy atom. The molecule has 31 heavy (non-hydrogen) atoms. The summed E-state index contributed by atoms with van der Waals surface area (Å²) >= 11 is 4.81. The molecule has 0 aliphatic heterocycles. The van der Waals surface area contributed by atoms with E-state index < -0.39 is 0 Å². The van der Waals surface area contributed by atoms with E-state index in [1.165, 1.54) is 27.7 Å². The molecule has 2 aromatic rings. The fourth-order valence-electron chi connectivity index (χ4n) is 1.12. The van der Waals surface area contributed by atoms with Crippen LogP contribution in [0.4, 0.5) is 5.69 Å². The molecular formula is C20H23CoN5O4S-4. The molecule has 0 fully saturated rings. The molecular weight excluding hydrogens is 465 g/mol. The minimum absolute atomic E-state index is 0. The molecule has 0 heterocycles. The van der Waals surface area contributed by atoms with Crippen molar-refractivity contribution < 1.29 is 16.8 Å². The van der Waals surface area contributed by atoms with Crippen molar-refractivity contribution in [3.63, 3.8) is 0 Å². The van der Waals surface area contributed by atoms with E-state index in [0.29, 0.717) is 5.69 Å². The topological polar surface area (TPSA) is 165 Å². The van der Waals surface area contributed by atoms with Crippen LogP contribution in [0.25, 0.3) is 5.73 Å². The third-order valence-electron chi connectivity index (χ3n) is 3.11. The fraction of sp³-hybridized carbons (Fsp3) is 0.200. The van der Waals surface area contributed by atoms with Crippen molar-refractivity contribution in [1.82, 2.24) is 0 Å². The Kier molecular flexibility index (Phi) is 22.6. The van der Waals surface area contributed by atoms with Crippen LogP contribution in [0.15, 0.2) is 86.2 Å². The van der Waals surface area contributed by atoms with E-state index in [2.05, 4.69) is 20.6 Å². The molecule has 2 rings (SSSR count). The molecule has 0 unspecified atom stereocenters. The van der Waals surface area contributed by atoms with Crippen LogP contribution >= 0.6 is 0 Å². The largest absolute Gasteiger partial charge is 2.00 e. The van der Waals surface area contributed by atoms with Gasteiger partial charge in [-0.15, -0.1) is 5.69 Å². The van der Waals surface area contributed by atoms with Crippen LogP contribution in [-0.4, -0.2) is 22.8 Å². The average Bonchev–Trinajstić information content (AvgIpc) is 2.79. The molecule has 0 saturated heterocycles. The van der Waals surface area contributed by atoms with Gasteiger partial charge in [-0.05, 0) is 27.7 Å². The Morgan fingerprint density at radius 1 is 0.613 bits per heavy atom. The van der Waals surface area contributed by atoms with Crippen LogP contribution in [0.2, 0.25) is 0 Å². The summed E-state index contributed by atoms with van der Waals surface area (Å²) in [5.74, 6) is 0. The van der Waals surface area contributed by atoms with E-state index in [1.807, 2.05) is 48.5 Å². The standard InChI is InChI=1S/C6H6N.C6H6S.2C4H8N2O2.Co/c2*7-6-4-2-1-3-5-6;2*1-3(5-7)4(2)6-8;/h2*1-5,7H;2*7-8H,1-2H3;/q-1;;;;+2/p-5. The maximum absolute atomic E-state index is 9.60. The van der Waals surface area contributed by atoms with E-state index in [-0.39, 0.29) is 39.6 Å². The number of hydrogen-bond donors (Lipinski definition) is 0. The summed E-state index contributed by atoms with van der Waals surface area (Å²) in [6, 6.07) is 18.7. The van der Waals surface area contributed by atoms with Crippen molar-refractivity contribution in [1.29, 1.82) is 0 Å². The fourth-order valence-corrected chi connectivity index (χ4v) is 1.28. The van der Waals surface area contributed by atoms with Gasteiger partial charge in [0, 0.05) is 22.8 Å². The zero-order chi connectivity index (χ0) is 23.4.